The van der Waals surface area contributed by atoms with Crippen LogP contribution in [0.1, 0.15) is 32.6 Å². The Morgan fingerprint density at radius 1 is 1.47 bits per heavy atom. The Kier molecular flexibility index (Phi) is 5.82. The van der Waals surface area contributed by atoms with Crippen molar-refractivity contribution in [1.29, 1.82) is 0 Å². The van der Waals surface area contributed by atoms with Gasteiger partial charge in [0.2, 0.25) is 0 Å². The van der Waals surface area contributed by atoms with E-state index in [4.69, 9.17) is 4.74 Å². The molecule has 0 aliphatic heterocycles. The molecule has 0 saturated heterocycles. The average Bonchev–Trinajstić information content (AvgIpc) is 3.06. The van der Waals surface area contributed by atoms with Gasteiger partial charge in [-0.05, 0) is 19.8 Å². The van der Waals surface area contributed by atoms with Crippen LogP contribution in [-0.2, 0) is 11.3 Å². The van der Waals surface area contributed by atoms with Crippen LogP contribution >= 0.6 is 0 Å². The Bertz CT molecular complexity index is 336. The van der Waals surface area contributed by atoms with Crippen LogP contribution in [-0.4, -0.2) is 46.1 Å². The van der Waals surface area contributed by atoms with Gasteiger partial charge in [0.1, 0.15) is 0 Å². The maximum absolute atomic E-state index is 9.88. The van der Waals surface area contributed by atoms with Gasteiger partial charge in [-0.15, -0.1) is 0 Å². The smallest absolute Gasteiger partial charge is 0.0946 e. The van der Waals surface area contributed by atoms with Gasteiger partial charge in [-0.1, -0.05) is 12.8 Å². The number of ether oxygens (including phenoxy) is 1. The quantitative estimate of drug-likeness (QED) is 0.742. The van der Waals surface area contributed by atoms with Gasteiger partial charge < -0.3 is 19.7 Å². The van der Waals surface area contributed by atoms with E-state index in [0.717, 1.165) is 19.4 Å². The van der Waals surface area contributed by atoms with Crippen molar-refractivity contribution >= 4 is 0 Å². The number of hydrogen-bond donors (Lipinski definition) is 2. The van der Waals surface area contributed by atoms with E-state index in [1.807, 2.05) is 10.8 Å². The van der Waals surface area contributed by atoms with E-state index in [2.05, 4.69) is 17.2 Å². The topological polar surface area (TPSA) is 59.3 Å². The molecule has 108 valence electrons. The molecule has 1 fully saturated rings. The lowest BCUT2D eigenvalue weighted by Gasteiger charge is -2.19. The number of aromatic nitrogens is 2. The summed E-state index contributed by atoms with van der Waals surface area (Å²) < 4.78 is 7.72. The van der Waals surface area contributed by atoms with Crippen LogP contribution in [0, 0.1) is 0 Å². The molecule has 5 heteroatoms. The zero-order valence-electron chi connectivity index (χ0n) is 11.7. The Hall–Kier alpha value is -0.910. The zero-order valence-corrected chi connectivity index (χ0v) is 11.7. The van der Waals surface area contributed by atoms with Crippen molar-refractivity contribution in [3.8, 4) is 0 Å². The summed E-state index contributed by atoms with van der Waals surface area (Å²) in [4.78, 5) is 4.01. The minimum absolute atomic E-state index is 0.301. The molecule has 1 saturated carbocycles. The van der Waals surface area contributed by atoms with Crippen molar-refractivity contribution in [2.45, 2.75) is 57.4 Å². The Labute approximate surface area is 115 Å². The van der Waals surface area contributed by atoms with E-state index in [1.165, 1.54) is 12.8 Å². The van der Waals surface area contributed by atoms with Gasteiger partial charge >= 0.3 is 0 Å². The van der Waals surface area contributed by atoms with Gasteiger partial charge in [-0.2, -0.15) is 0 Å². The molecule has 0 amide bonds. The predicted molar refractivity (Wildman–Crippen MR) is 73.9 cm³/mol. The van der Waals surface area contributed by atoms with Crippen LogP contribution in [0.25, 0.3) is 0 Å². The highest BCUT2D eigenvalue weighted by Gasteiger charge is 2.17. The molecule has 1 aromatic rings. The second kappa shape index (κ2) is 7.62. The number of aliphatic hydroxyl groups is 1. The number of imidazole rings is 1. The molecule has 0 radical (unpaired) electrons. The van der Waals surface area contributed by atoms with Gasteiger partial charge in [-0.3, -0.25) is 0 Å². The number of nitrogens with one attached hydrogen (secondary N) is 1. The number of rotatable bonds is 8. The predicted octanol–water partition coefficient (Wildman–Crippen LogP) is 1.18. The number of aliphatic hydroxyl groups excluding tert-OH is 1. The molecule has 1 aliphatic carbocycles. The maximum atomic E-state index is 9.88. The normalized spacial score (nSPS) is 19.7. The lowest BCUT2D eigenvalue weighted by molar-refractivity contribution is -0.00621. The number of hydrogen-bond acceptors (Lipinski definition) is 4. The molecule has 5 nitrogen and oxygen atoms in total. The Balaban J connectivity index is 1.56. The largest absolute Gasteiger partial charge is 0.389 e. The first-order valence-electron chi connectivity index (χ1n) is 7.23. The zero-order chi connectivity index (χ0) is 13.5. The van der Waals surface area contributed by atoms with Gasteiger partial charge in [0, 0.05) is 31.5 Å². The standard InChI is InChI=1S/C14H25N3O2/c1-12(9-17-7-6-15-11-17)16-8-13(18)10-19-14-4-2-3-5-14/h6-7,11-14,16,18H,2-5,8-10H2,1H3. The summed E-state index contributed by atoms with van der Waals surface area (Å²) in [5.74, 6) is 0. The molecule has 2 rings (SSSR count). The first-order chi connectivity index (χ1) is 9.24. The third-order valence-corrected chi connectivity index (χ3v) is 3.57. The Morgan fingerprint density at radius 2 is 2.26 bits per heavy atom. The Morgan fingerprint density at radius 3 is 2.95 bits per heavy atom. The maximum Gasteiger partial charge on any atom is 0.0946 e. The van der Waals surface area contributed by atoms with Crippen LogP contribution in [0.3, 0.4) is 0 Å². The van der Waals surface area contributed by atoms with Crippen molar-refractivity contribution in [2.75, 3.05) is 13.2 Å². The third kappa shape index (κ3) is 5.30. The molecule has 1 aromatic heterocycles. The fourth-order valence-corrected chi connectivity index (χ4v) is 2.47. The fraction of sp³-hybridized carbons (Fsp3) is 0.786. The van der Waals surface area contributed by atoms with E-state index in [-0.39, 0.29) is 0 Å². The second-order valence-electron chi connectivity index (χ2n) is 5.46. The van der Waals surface area contributed by atoms with Crippen molar-refractivity contribution in [3.63, 3.8) is 0 Å². The molecule has 0 aromatic carbocycles. The SMILES string of the molecule is CC(Cn1ccnc1)NCC(O)COC1CCCC1. The molecule has 0 bridgehead atoms. The summed E-state index contributed by atoms with van der Waals surface area (Å²) in [6.45, 7) is 3.97. The molecule has 0 spiro atoms. The summed E-state index contributed by atoms with van der Waals surface area (Å²) in [6.07, 6.45) is 10.3. The van der Waals surface area contributed by atoms with Crippen LogP contribution in [0.15, 0.2) is 18.7 Å². The highest BCUT2D eigenvalue weighted by atomic mass is 16.5. The highest BCUT2D eigenvalue weighted by Crippen LogP contribution is 2.20. The van der Waals surface area contributed by atoms with Crippen LogP contribution < -0.4 is 5.32 Å². The minimum atomic E-state index is -0.425. The van der Waals surface area contributed by atoms with E-state index in [1.54, 1.807) is 12.5 Å². The second-order valence-corrected chi connectivity index (χ2v) is 5.46. The van der Waals surface area contributed by atoms with Crippen LogP contribution in [0.4, 0.5) is 0 Å². The molecule has 2 N–H and O–H groups in total. The summed E-state index contributed by atoms with van der Waals surface area (Å²) >= 11 is 0. The molecule has 19 heavy (non-hydrogen) atoms. The van der Waals surface area contributed by atoms with E-state index in [9.17, 15) is 5.11 Å². The molecule has 2 unspecified atom stereocenters. The average molecular weight is 267 g/mol. The molecular formula is C14H25N3O2. The van der Waals surface area contributed by atoms with Crippen LogP contribution in [0.5, 0.6) is 0 Å². The van der Waals surface area contributed by atoms with Crippen molar-refractivity contribution in [1.82, 2.24) is 14.9 Å². The molecule has 1 heterocycles. The molecule has 2 atom stereocenters. The van der Waals surface area contributed by atoms with Crippen molar-refractivity contribution in [3.05, 3.63) is 18.7 Å². The molecule has 1 aliphatic rings. The lowest BCUT2D eigenvalue weighted by atomic mass is 10.3. The fourth-order valence-electron chi connectivity index (χ4n) is 2.47. The van der Waals surface area contributed by atoms with E-state index >= 15 is 0 Å². The van der Waals surface area contributed by atoms with E-state index < -0.39 is 6.10 Å². The van der Waals surface area contributed by atoms with Crippen LogP contribution in [0.2, 0.25) is 0 Å². The summed E-state index contributed by atoms with van der Waals surface area (Å²) in [5.41, 5.74) is 0. The van der Waals surface area contributed by atoms with Crippen molar-refractivity contribution in [2.24, 2.45) is 0 Å². The van der Waals surface area contributed by atoms with Crippen molar-refractivity contribution < 1.29 is 9.84 Å². The lowest BCUT2D eigenvalue weighted by Crippen LogP contribution is -2.38. The first kappa shape index (κ1) is 14.5. The summed E-state index contributed by atoms with van der Waals surface area (Å²) in [7, 11) is 0. The summed E-state index contributed by atoms with van der Waals surface area (Å²) in [6, 6.07) is 0.301. The molecular weight excluding hydrogens is 242 g/mol. The van der Waals surface area contributed by atoms with Gasteiger partial charge in [-0.25, -0.2) is 4.98 Å². The highest BCUT2D eigenvalue weighted by molar-refractivity contribution is 4.77. The monoisotopic (exact) mass is 267 g/mol. The minimum Gasteiger partial charge on any atom is -0.389 e. The van der Waals surface area contributed by atoms with E-state index in [0.29, 0.717) is 25.3 Å². The summed E-state index contributed by atoms with van der Waals surface area (Å²) in [5, 5.41) is 13.2. The van der Waals surface area contributed by atoms with Gasteiger partial charge in [0.05, 0.1) is 25.1 Å². The van der Waals surface area contributed by atoms with Gasteiger partial charge in [0.25, 0.3) is 0 Å². The first-order valence-corrected chi connectivity index (χ1v) is 7.23. The third-order valence-electron chi connectivity index (χ3n) is 3.57. The number of nitrogens with zero attached hydrogens (tertiary/aromatic N) is 2. The van der Waals surface area contributed by atoms with Gasteiger partial charge in [0.15, 0.2) is 0 Å².